The lowest BCUT2D eigenvalue weighted by atomic mass is 9.85. The number of esters is 1. The van der Waals surface area contributed by atoms with Crippen LogP contribution >= 0.6 is 11.3 Å². The van der Waals surface area contributed by atoms with Gasteiger partial charge in [0, 0.05) is 19.3 Å². The van der Waals surface area contributed by atoms with E-state index >= 15 is 0 Å². The van der Waals surface area contributed by atoms with Crippen LogP contribution in [-0.4, -0.2) is 66.3 Å². The molecule has 0 bridgehead atoms. The number of methoxy groups -OCH3 is 3. The van der Waals surface area contributed by atoms with Gasteiger partial charge in [0.05, 0.1) is 37.4 Å². The number of aromatic nitrogens is 2. The predicted octanol–water partition coefficient (Wildman–Crippen LogP) is 1.47. The minimum absolute atomic E-state index is 0.149. The van der Waals surface area contributed by atoms with Crippen LogP contribution in [0.5, 0.6) is 11.9 Å². The number of amides is 1. The molecule has 3 heterocycles. The molecule has 2 aromatic heterocycles. The number of ether oxygens (including phenoxy) is 3. The maximum absolute atomic E-state index is 12.7. The minimum atomic E-state index is -1.21. The summed E-state index contributed by atoms with van der Waals surface area (Å²) < 4.78 is 14.9. The molecule has 28 heavy (non-hydrogen) atoms. The number of piperidine rings is 1. The highest BCUT2D eigenvalue weighted by Crippen LogP contribution is 2.38. The fourth-order valence-electron chi connectivity index (χ4n) is 3.09. The number of thiophene rings is 1. The third-order valence-electron chi connectivity index (χ3n) is 4.69. The van der Waals surface area contributed by atoms with Crippen molar-refractivity contribution in [3.8, 4) is 11.9 Å². The molecular weight excluding hydrogens is 386 g/mol. The Labute approximate surface area is 165 Å². The second kappa shape index (κ2) is 8.11. The number of hydrogen-bond acceptors (Lipinski definition) is 9. The molecular formula is C18H21N3O6S. The average molecular weight is 407 g/mol. The van der Waals surface area contributed by atoms with Gasteiger partial charge in [-0.1, -0.05) is 0 Å². The molecule has 0 radical (unpaired) electrons. The molecule has 0 unspecified atom stereocenters. The number of nitrogens with zero attached hydrogens (tertiary/aromatic N) is 3. The summed E-state index contributed by atoms with van der Waals surface area (Å²) in [5.74, 6) is -0.404. The summed E-state index contributed by atoms with van der Waals surface area (Å²) in [6.45, 7) is 0.686. The maximum atomic E-state index is 12.7. The number of aliphatic hydroxyl groups is 1. The summed E-state index contributed by atoms with van der Waals surface area (Å²) in [5.41, 5.74) is -0.743. The van der Waals surface area contributed by atoms with Gasteiger partial charge in [0.2, 0.25) is 5.88 Å². The quantitative estimate of drug-likeness (QED) is 0.742. The Morgan fingerprint density at radius 3 is 2.43 bits per heavy atom. The zero-order valence-electron chi connectivity index (χ0n) is 15.8. The zero-order chi connectivity index (χ0) is 20.3. The van der Waals surface area contributed by atoms with E-state index in [0.29, 0.717) is 41.2 Å². The Morgan fingerprint density at radius 1 is 1.14 bits per heavy atom. The van der Waals surface area contributed by atoms with E-state index in [1.807, 2.05) is 0 Å². The molecule has 150 valence electrons. The first-order chi connectivity index (χ1) is 13.4. The number of hydrogen-bond donors (Lipinski definition) is 1. The normalized spacial score (nSPS) is 15.8. The van der Waals surface area contributed by atoms with Crippen LogP contribution in [0.15, 0.2) is 18.3 Å². The van der Waals surface area contributed by atoms with Crippen molar-refractivity contribution in [1.82, 2.24) is 14.9 Å². The molecule has 0 aliphatic carbocycles. The Hall–Kier alpha value is -2.72. The monoisotopic (exact) mass is 407 g/mol. The summed E-state index contributed by atoms with van der Waals surface area (Å²) in [5, 5.41) is 11.1. The summed E-state index contributed by atoms with van der Waals surface area (Å²) in [6.07, 6.45) is 2.10. The van der Waals surface area contributed by atoms with Crippen LogP contribution in [0.4, 0.5) is 0 Å². The van der Waals surface area contributed by atoms with Crippen LogP contribution in [0, 0.1) is 0 Å². The molecule has 1 aliphatic heterocycles. The van der Waals surface area contributed by atoms with Gasteiger partial charge in [-0.3, -0.25) is 4.79 Å². The smallest absolute Gasteiger partial charge is 0.348 e. The second-order valence-corrected chi connectivity index (χ2v) is 7.34. The van der Waals surface area contributed by atoms with Crippen LogP contribution in [0.1, 0.15) is 37.7 Å². The third-order valence-corrected chi connectivity index (χ3v) is 5.74. The van der Waals surface area contributed by atoms with Gasteiger partial charge in [0.15, 0.2) is 0 Å². The lowest BCUT2D eigenvalue weighted by molar-refractivity contribution is -0.0232. The Bertz CT molecular complexity index is 876. The molecule has 3 rings (SSSR count). The first kappa shape index (κ1) is 20.0. The first-order valence-electron chi connectivity index (χ1n) is 8.57. The van der Waals surface area contributed by atoms with Crippen molar-refractivity contribution >= 4 is 23.2 Å². The molecule has 0 saturated carbocycles. The van der Waals surface area contributed by atoms with E-state index < -0.39 is 11.6 Å². The topological polar surface area (TPSA) is 111 Å². The average Bonchev–Trinajstić information content (AvgIpc) is 3.23. The SMILES string of the molecule is COC(=O)c1ccc(C(=O)N2CCC(O)(c3cnc(OC)nc3OC)CC2)s1. The first-order valence-corrected chi connectivity index (χ1v) is 9.39. The van der Waals surface area contributed by atoms with Crippen molar-refractivity contribution in [2.24, 2.45) is 0 Å². The lowest BCUT2D eigenvalue weighted by Crippen LogP contribution is -2.45. The van der Waals surface area contributed by atoms with Crippen LogP contribution in [-0.2, 0) is 10.3 Å². The van der Waals surface area contributed by atoms with E-state index in [1.54, 1.807) is 17.0 Å². The van der Waals surface area contributed by atoms with Crippen molar-refractivity contribution in [3.05, 3.63) is 33.6 Å². The van der Waals surface area contributed by atoms with E-state index in [9.17, 15) is 14.7 Å². The molecule has 2 aromatic rings. The summed E-state index contributed by atoms with van der Waals surface area (Å²) in [4.78, 5) is 34.9. The van der Waals surface area contributed by atoms with Gasteiger partial charge in [-0.05, 0) is 25.0 Å². The molecule has 9 nitrogen and oxygen atoms in total. The van der Waals surface area contributed by atoms with Gasteiger partial charge in [-0.15, -0.1) is 11.3 Å². The van der Waals surface area contributed by atoms with Gasteiger partial charge >= 0.3 is 12.0 Å². The lowest BCUT2D eigenvalue weighted by Gasteiger charge is -2.38. The number of carbonyl (C=O) groups is 2. The van der Waals surface area contributed by atoms with E-state index in [4.69, 9.17) is 9.47 Å². The molecule has 0 aromatic carbocycles. The highest BCUT2D eigenvalue weighted by Gasteiger charge is 2.39. The molecule has 1 saturated heterocycles. The fourth-order valence-corrected chi connectivity index (χ4v) is 3.98. The number of rotatable bonds is 5. The molecule has 0 spiro atoms. The van der Waals surface area contributed by atoms with Crippen molar-refractivity contribution in [2.75, 3.05) is 34.4 Å². The van der Waals surface area contributed by atoms with E-state index in [0.717, 1.165) is 11.3 Å². The Morgan fingerprint density at radius 2 is 1.82 bits per heavy atom. The predicted molar refractivity (Wildman–Crippen MR) is 99.8 cm³/mol. The Balaban J connectivity index is 1.72. The third kappa shape index (κ3) is 3.78. The number of likely N-dealkylation sites (tertiary alicyclic amines) is 1. The van der Waals surface area contributed by atoms with Gasteiger partial charge in [0.25, 0.3) is 5.91 Å². The van der Waals surface area contributed by atoms with Crippen molar-refractivity contribution < 1.29 is 28.9 Å². The van der Waals surface area contributed by atoms with Gasteiger partial charge in [-0.25, -0.2) is 9.78 Å². The van der Waals surface area contributed by atoms with Gasteiger partial charge < -0.3 is 24.2 Å². The summed E-state index contributed by atoms with van der Waals surface area (Å²) in [7, 11) is 4.21. The largest absolute Gasteiger partial charge is 0.481 e. The van der Waals surface area contributed by atoms with Gasteiger partial charge in [-0.2, -0.15) is 4.98 Å². The van der Waals surface area contributed by atoms with E-state index in [-0.39, 0.29) is 17.8 Å². The van der Waals surface area contributed by atoms with Crippen molar-refractivity contribution in [3.63, 3.8) is 0 Å². The fraction of sp³-hybridized carbons (Fsp3) is 0.444. The minimum Gasteiger partial charge on any atom is -0.481 e. The standard InChI is InChI=1S/C18H21N3O6S/c1-25-14-11(10-19-17(20-14)27-3)18(24)6-8-21(9-7-18)15(22)12-4-5-13(28-12)16(23)26-2/h4-5,10,24H,6-9H2,1-3H3. The van der Waals surface area contributed by atoms with Crippen molar-refractivity contribution in [1.29, 1.82) is 0 Å². The summed E-state index contributed by atoms with van der Waals surface area (Å²) >= 11 is 1.09. The molecule has 1 aliphatic rings. The molecule has 1 amide bonds. The molecule has 1 N–H and O–H groups in total. The second-order valence-electron chi connectivity index (χ2n) is 6.26. The van der Waals surface area contributed by atoms with Crippen molar-refractivity contribution in [2.45, 2.75) is 18.4 Å². The zero-order valence-corrected chi connectivity index (χ0v) is 16.6. The Kier molecular flexibility index (Phi) is 5.80. The van der Waals surface area contributed by atoms with Crippen LogP contribution < -0.4 is 9.47 Å². The van der Waals surface area contributed by atoms with Crippen LogP contribution in [0.2, 0.25) is 0 Å². The van der Waals surface area contributed by atoms with E-state index in [1.165, 1.54) is 27.5 Å². The summed E-state index contributed by atoms with van der Waals surface area (Å²) in [6, 6.07) is 3.33. The molecule has 10 heteroatoms. The van der Waals surface area contributed by atoms with E-state index in [2.05, 4.69) is 14.7 Å². The van der Waals surface area contributed by atoms with Crippen LogP contribution in [0.25, 0.3) is 0 Å². The highest BCUT2D eigenvalue weighted by atomic mass is 32.1. The number of carbonyl (C=O) groups excluding carboxylic acids is 2. The molecule has 0 atom stereocenters. The molecule has 1 fully saturated rings. The highest BCUT2D eigenvalue weighted by molar-refractivity contribution is 7.15. The van der Waals surface area contributed by atoms with Crippen LogP contribution in [0.3, 0.4) is 0 Å². The maximum Gasteiger partial charge on any atom is 0.348 e. The van der Waals surface area contributed by atoms with Gasteiger partial charge in [0.1, 0.15) is 4.88 Å².